The molecule has 1 N–H and O–H groups in total. The van der Waals surface area contributed by atoms with E-state index in [4.69, 9.17) is 21.4 Å². The number of hydrogen-bond donors (Lipinski definition) is 1. The molecule has 2 amide bonds. The second-order valence-electron chi connectivity index (χ2n) is 3.95. The van der Waals surface area contributed by atoms with Crippen LogP contribution in [-0.4, -0.2) is 39.9 Å². The standard InChI is InChI=1S/C13H14ClNO5/c1-9(12(17)18)15(11(16)7-14)13(19)20-8-10-5-3-2-4-6-10/h2-6,9H,7-8H2,1H3,(H,17,18)/t9-/m0/s1. The zero-order valence-corrected chi connectivity index (χ0v) is 11.5. The lowest BCUT2D eigenvalue weighted by atomic mass is 10.2. The Balaban J connectivity index is 2.73. The van der Waals surface area contributed by atoms with Crippen molar-refractivity contribution in [1.29, 1.82) is 0 Å². The number of carboxylic acid groups (broad SMARTS) is 1. The first-order valence-electron chi connectivity index (χ1n) is 5.79. The molecule has 0 aromatic heterocycles. The molecule has 1 aromatic rings. The topological polar surface area (TPSA) is 83.9 Å². The average molecular weight is 300 g/mol. The quantitative estimate of drug-likeness (QED) is 0.839. The molecule has 0 spiro atoms. The fourth-order valence-corrected chi connectivity index (χ4v) is 1.57. The third kappa shape index (κ3) is 4.24. The summed E-state index contributed by atoms with van der Waals surface area (Å²) >= 11 is 5.36. The van der Waals surface area contributed by atoms with E-state index >= 15 is 0 Å². The van der Waals surface area contributed by atoms with Gasteiger partial charge in [-0.3, -0.25) is 4.79 Å². The number of hydrogen-bond acceptors (Lipinski definition) is 4. The zero-order chi connectivity index (χ0) is 15.1. The maximum absolute atomic E-state index is 11.8. The summed E-state index contributed by atoms with van der Waals surface area (Å²) in [7, 11) is 0. The van der Waals surface area contributed by atoms with Crippen LogP contribution < -0.4 is 0 Å². The number of carbonyl (C=O) groups is 3. The van der Waals surface area contributed by atoms with Crippen molar-refractivity contribution in [1.82, 2.24) is 4.90 Å². The highest BCUT2D eigenvalue weighted by Crippen LogP contribution is 2.08. The van der Waals surface area contributed by atoms with Crippen molar-refractivity contribution in [2.75, 3.05) is 5.88 Å². The molecule has 20 heavy (non-hydrogen) atoms. The highest BCUT2D eigenvalue weighted by molar-refractivity contribution is 6.28. The number of halogens is 1. The van der Waals surface area contributed by atoms with Gasteiger partial charge in [-0.2, -0.15) is 0 Å². The second-order valence-corrected chi connectivity index (χ2v) is 4.22. The van der Waals surface area contributed by atoms with Crippen molar-refractivity contribution in [3.05, 3.63) is 35.9 Å². The van der Waals surface area contributed by atoms with Crippen LogP contribution in [0.5, 0.6) is 0 Å². The minimum Gasteiger partial charge on any atom is -0.480 e. The van der Waals surface area contributed by atoms with Gasteiger partial charge in [-0.1, -0.05) is 30.3 Å². The van der Waals surface area contributed by atoms with Crippen molar-refractivity contribution in [2.24, 2.45) is 0 Å². The molecule has 0 unspecified atom stereocenters. The van der Waals surface area contributed by atoms with Gasteiger partial charge in [0.05, 0.1) is 0 Å². The number of alkyl halides is 1. The van der Waals surface area contributed by atoms with Crippen molar-refractivity contribution in [2.45, 2.75) is 19.6 Å². The Hall–Kier alpha value is -2.08. The van der Waals surface area contributed by atoms with E-state index in [2.05, 4.69) is 0 Å². The molecule has 0 saturated carbocycles. The van der Waals surface area contributed by atoms with Crippen molar-refractivity contribution in [3.8, 4) is 0 Å². The van der Waals surface area contributed by atoms with Crippen LogP contribution in [0.15, 0.2) is 30.3 Å². The Morgan fingerprint density at radius 1 is 1.30 bits per heavy atom. The number of carbonyl (C=O) groups excluding carboxylic acids is 2. The number of imide groups is 1. The molecule has 6 nitrogen and oxygen atoms in total. The van der Waals surface area contributed by atoms with Crippen LogP contribution >= 0.6 is 11.6 Å². The minimum absolute atomic E-state index is 0.0575. The van der Waals surface area contributed by atoms with E-state index < -0.39 is 29.9 Å². The van der Waals surface area contributed by atoms with Crippen LogP contribution in [0.4, 0.5) is 4.79 Å². The largest absolute Gasteiger partial charge is 0.480 e. The highest BCUT2D eigenvalue weighted by Gasteiger charge is 2.32. The highest BCUT2D eigenvalue weighted by atomic mass is 35.5. The van der Waals surface area contributed by atoms with Gasteiger partial charge in [0.25, 0.3) is 0 Å². The van der Waals surface area contributed by atoms with Gasteiger partial charge < -0.3 is 9.84 Å². The van der Waals surface area contributed by atoms with E-state index in [-0.39, 0.29) is 6.61 Å². The van der Waals surface area contributed by atoms with Crippen molar-refractivity contribution >= 4 is 29.6 Å². The number of amides is 2. The van der Waals surface area contributed by atoms with E-state index in [1.54, 1.807) is 30.3 Å². The Labute approximate surface area is 120 Å². The first-order valence-corrected chi connectivity index (χ1v) is 6.32. The molecule has 7 heteroatoms. The first kappa shape index (κ1) is 16.0. The van der Waals surface area contributed by atoms with Gasteiger partial charge in [0.15, 0.2) is 0 Å². The van der Waals surface area contributed by atoms with Gasteiger partial charge >= 0.3 is 12.1 Å². The number of ether oxygens (including phenoxy) is 1. The summed E-state index contributed by atoms with van der Waals surface area (Å²) in [6, 6.07) is 7.48. The van der Waals surface area contributed by atoms with Crippen LogP contribution in [-0.2, 0) is 20.9 Å². The van der Waals surface area contributed by atoms with Crippen LogP contribution in [0.25, 0.3) is 0 Å². The number of aliphatic carboxylic acids is 1. The predicted molar refractivity (Wildman–Crippen MR) is 71.3 cm³/mol. The molecular formula is C13H14ClNO5. The fraction of sp³-hybridized carbons (Fsp3) is 0.308. The van der Waals surface area contributed by atoms with Crippen LogP contribution in [0, 0.1) is 0 Å². The molecule has 0 saturated heterocycles. The Kier molecular flexibility index (Phi) is 5.99. The summed E-state index contributed by atoms with van der Waals surface area (Å²) in [5.41, 5.74) is 0.724. The molecule has 0 aliphatic heterocycles. The summed E-state index contributed by atoms with van der Waals surface area (Å²) < 4.78 is 4.93. The van der Waals surface area contributed by atoms with E-state index in [9.17, 15) is 14.4 Å². The number of carboxylic acids is 1. The number of rotatable bonds is 5. The lowest BCUT2D eigenvalue weighted by molar-refractivity contribution is -0.147. The summed E-state index contributed by atoms with van der Waals surface area (Å²) in [4.78, 5) is 34.8. The second kappa shape index (κ2) is 7.49. The lowest BCUT2D eigenvalue weighted by Crippen LogP contribution is -2.47. The predicted octanol–water partition coefficient (Wildman–Crippen LogP) is 1.86. The molecular weight excluding hydrogens is 286 g/mol. The maximum atomic E-state index is 11.8. The molecule has 108 valence electrons. The van der Waals surface area contributed by atoms with Crippen molar-refractivity contribution in [3.63, 3.8) is 0 Å². The number of nitrogens with zero attached hydrogens (tertiary/aromatic N) is 1. The van der Waals surface area contributed by atoms with Crippen molar-refractivity contribution < 1.29 is 24.2 Å². The fourth-order valence-electron chi connectivity index (χ4n) is 1.44. The summed E-state index contributed by atoms with van der Waals surface area (Å²) in [6.07, 6.45) is -1.03. The zero-order valence-electron chi connectivity index (χ0n) is 10.8. The minimum atomic E-state index is -1.34. The van der Waals surface area contributed by atoms with Gasteiger partial charge in [0.2, 0.25) is 5.91 Å². The Morgan fingerprint density at radius 2 is 1.90 bits per heavy atom. The van der Waals surface area contributed by atoms with Gasteiger partial charge in [-0.05, 0) is 12.5 Å². The van der Waals surface area contributed by atoms with Gasteiger partial charge in [-0.25, -0.2) is 14.5 Å². The van der Waals surface area contributed by atoms with E-state index in [1.165, 1.54) is 6.92 Å². The van der Waals surface area contributed by atoms with E-state index in [0.29, 0.717) is 4.90 Å². The van der Waals surface area contributed by atoms with Gasteiger partial charge in [0, 0.05) is 0 Å². The SMILES string of the molecule is C[C@@H](C(=O)O)N(C(=O)CCl)C(=O)OCc1ccccc1. The van der Waals surface area contributed by atoms with Gasteiger partial charge in [-0.15, -0.1) is 11.6 Å². The Morgan fingerprint density at radius 3 is 2.40 bits per heavy atom. The third-order valence-electron chi connectivity index (χ3n) is 2.53. The van der Waals surface area contributed by atoms with Crippen LogP contribution in [0.3, 0.4) is 0 Å². The summed E-state index contributed by atoms with van der Waals surface area (Å²) in [5.74, 6) is -2.64. The molecule has 0 fully saturated rings. The maximum Gasteiger partial charge on any atom is 0.417 e. The average Bonchev–Trinajstić information content (AvgIpc) is 2.45. The summed E-state index contributed by atoms with van der Waals surface area (Å²) in [5, 5.41) is 8.89. The third-order valence-corrected chi connectivity index (χ3v) is 2.76. The molecule has 1 rings (SSSR count). The van der Waals surface area contributed by atoms with E-state index in [1.807, 2.05) is 0 Å². The van der Waals surface area contributed by atoms with E-state index in [0.717, 1.165) is 5.56 Å². The molecule has 1 atom stereocenters. The molecule has 0 bridgehead atoms. The van der Waals surface area contributed by atoms with Crippen LogP contribution in [0.2, 0.25) is 0 Å². The monoisotopic (exact) mass is 299 g/mol. The first-order chi connectivity index (χ1) is 9.47. The Bertz CT molecular complexity index is 491. The number of benzene rings is 1. The van der Waals surface area contributed by atoms with Crippen LogP contribution in [0.1, 0.15) is 12.5 Å². The molecule has 0 radical (unpaired) electrons. The normalized spacial score (nSPS) is 11.5. The molecule has 1 aromatic carbocycles. The lowest BCUT2D eigenvalue weighted by Gasteiger charge is -2.23. The van der Waals surface area contributed by atoms with Gasteiger partial charge in [0.1, 0.15) is 18.5 Å². The summed E-state index contributed by atoms with van der Waals surface area (Å²) in [6.45, 7) is 1.15. The molecule has 0 aliphatic rings. The molecule has 0 heterocycles. The molecule has 0 aliphatic carbocycles. The smallest absolute Gasteiger partial charge is 0.417 e.